The zero-order chi connectivity index (χ0) is 29.9. The van der Waals surface area contributed by atoms with Crippen molar-refractivity contribution < 1.29 is 41.9 Å². The second-order valence-corrected chi connectivity index (χ2v) is 11.6. The number of alkyl halides is 1. The van der Waals surface area contributed by atoms with Crippen molar-refractivity contribution in [1.82, 2.24) is 20.0 Å². The first kappa shape index (κ1) is 30.6. The van der Waals surface area contributed by atoms with Gasteiger partial charge in [0.25, 0.3) is 0 Å². The summed E-state index contributed by atoms with van der Waals surface area (Å²) < 4.78 is 53.8. The van der Waals surface area contributed by atoms with Crippen LogP contribution in [0.4, 0.5) is 8.78 Å². The van der Waals surface area contributed by atoms with Gasteiger partial charge in [0.15, 0.2) is 5.69 Å². The summed E-state index contributed by atoms with van der Waals surface area (Å²) in [6.45, 7) is 2.31. The molecule has 4 rings (SSSR count). The highest BCUT2D eigenvalue weighted by molar-refractivity contribution is 7.62. The van der Waals surface area contributed by atoms with E-state index in [0.717, 1.165) is 9.58 Å². The van der Waals surface area contributed by atoms with Crippen LogP contribution in [0.2, 0.25) is 5.02 Å². The first-order chi connectivity index (χ1) is 19.5. The van der Waals surface area contributed by atoms with Crippen molar-refractivity contribution in [3.8, 4) is 0 Å². The molecule has 15 heteroatoms. The van der Waals surface area contributed by atoms with E-state index in [0.29, 0.717) is 0 Å². The maximum absolute atomic E-state index is 14.4. The number of hydrogen-bond acceptors (Lipinski definition) is 7. The molecule has 0 bridgehead atoms. The summed E-state index contributed by atoms with van der Waals surface area (Å²) in [5.74, 6) is -3.45. The number of nitrogens with one attached hydrogen (secondary N) is 1. The Morgan fingerprint density at radius 3 is 2.56 bits per heavy atom. The molecule has 0 saturated carbocycles. The molecular weight excluding hydrogens is 585 g/mol. The van der Waals surface area contributed by atoms with Gasteiger partial charge in [-0.3, -0.25) is 18.8 Å². The van der Waals surface area contributed by atoms with Crippen molar-refractivity contribution in [2.45, 2.75) is 45.6 Å². The molecule has 1 aromatic heterocycles. The lowest BCUT2D eigenvalue weighted by Gasteiger charge is -2.24. The molecule has 2 unspecified atom stereocenters. The van der Waals surface area contributed by atoms with Crippen LogP contribution in [0, 0.1) is 5.82 Å². The number of aromatic carboxylic acids is 1. The number of carboxylic acids is 1. The molecule has 0 spiro atoms. The van der Waals surface area contributed by atoms with Crippen LogP contribution in [-0.4, -0.2) is 69.5 Å². The van der Waals surface area contributed by atoms with Crippen molar-refractivity contribution in [1.29, 1.82) is 0 Å². The monoisotopic (exact) mass is 612 g/mol. The van der Waals surface area contributed by atoms with Gasteiger partial charge in [0.1, 0.15) is 24.6 Å². The lowest BCUT2D eigenvalue weighted by atomic mass is 10.1. The van der Waals surface area contributed by atoms with E-state index < -0.39 is 50.0 Å². The second kappa shape index (κ2) is 12.6. The Bertz CT molecular complexity index is 1520. The number of nitrogens with zero attached hydrogens (tertiary/aromatic N) is 3. The van der Waals surface area contributed by atoms with Crippen molar-refractivity contribution in [3.05, 3.63) is 58.5 Å². The summed E-state index contributed by atoms with van der Waals surface area (Å²) in [4.78, 5) is 39.2. The maximum Gasteiger partial charge on any atom is 0.361 e. The number of fused-ring (bicyclic) bond motifs is 1. The molecular formula is C26H28ClF2N4O7P. The zero-order valence-corrected chi connectivity index (χ0v) is 23.8. The number of carbonyl (C=O) groups is 3. The van der Waals surface area contributed by atoms with Gasteiger partial charge in [0.2, 0.25) is 11.8 Å². The highest BCUT2D eigenvalue weighted by atomic mass is 35.5. The fourth-order valence-electron chi connectivity index (χ4n) is 4.65. The molecule has 2 heterocycles. The topological polar surface area (TPSA) is 140 Å². The fraction of sp³-hybridized carbons (Fsp3) is 0.385. The molecule has 0 radical (unpaired) electrons. The van der Waals surface area contributed by atoms with E-state index >= 15 is 0 Å². The van der Waals surface area contributed by atoms with Crippen LogP contribution in [0.3, 0.4) is 0 Å². The minimum absolute atomic E-state index is 0.0835. The zero-order valence-electron chi connectivity index (χ0n) is 22.2. The predicted molar refractivity (Wildman–Crippen MR) is 145 cm³/mol. The van der Waals surface area contributed by atoms with Crippen molar-refractivity contribution in [3.63, 3.8) is 0 Å². The highest BCUT2D eigenvalue weighted by Crippen LogP contribution is 2.47. The van der Waals surface area contributed by atoms with Gasteiger partial charge in [0, 0.05) is 23.9 Å². The summed E-state index contributed by atoms with van der Waals surface area (Å²) in [5, 5.41) is 16.4. The summed E-state index contributed by atoms with van der Waals surface area (Å²) in [7, 11) is -3.76. The molecule has 2 N–H and O–H groups in total. The lowest BCUT2D eigenvalue weighted by Crippen LogP contribution is -2.46. The predicted octanol–water partition coefficient (Wildman–Crippen LogP) is 3.67. The van der Waals surface area contributed by atoms with Crippen LogP contribution >= 0.6 is 19.2 Å². The van der Waals surface area contributed by atoms with Gasteiger partial charge >= 0.3 is 13.6 Å². The molecule has 11 nitrogen and oxygen atoms in total. The normalized spacial score (nSPS) is 17.2. The van der Waals surface area contributed by atoms with Gasteiger partial charge in [-0.05, 0) is 38.1 Å². The van der Waals surface area contributed by atoms with E-state index in [2.05, 4.69) is 10.4 Å². The molecule has 1 fully saturated rings. The Morgan fingerprint density at radius 2 is 1.90 bits per heavy atom. The van der Waals surface area contributed by atoms with E-state index in [1.165, 1.54) is 36.4 Å². The quantitative estimate of drug-likeness (QED) is 0.313. The first-order valence-corrected chi connectivity index (χ1v) is 14.7. The van der Waals surface area contributed by atoms with Gasteiger partial charge in [-0.25, -0.2) is 13.6 Å². The van der Waals surface area contributed by atoms with Crippen LogP contribution in [0.5, 0.6) is 0 Å². The number of halogens is 3. The Morgan fingerprint density at radius 1 is 1.20 bits per heavy atom. The second-order valence-electron chi connectivity index (χ2n) is 9.17. The van der Waals surface area contributed by atoms with Gasteiger partial charge in [0.05, 0.1) is 35.6 Å². The van der Waals surface area contributed by atoms with Crippen LogP contribution in [-0.2, 0) is 36.3 Å². The number of carbonyl (C=O) groups excluding carboxylic acids is 2. The molecule has 1 aliphatic heterocycles. The smallest absolute Gasteiger partial charge is 0.361 e. The molecule has 1 saturated heterocycles. The van der Waals surface area contributed by atoms with E-state index in [-0.39, 0.29) is 65.2 Å². The number of carboxylic acid groups (broad SMARTS) is 1. The third-order valence-electron chi connectivity index (χ3n) is 6.49. The van der Waals surface area contributed by atoms with Crippen LogP contribution in [0.15, 0.2) is 36.4 Å². The van der Waals surface area contributed by atoms with E-state index in [4.69, 9.17) is 20.6 Å². The van der Waals surface area contributed by atoms with E-state index in [9.17, 15) is 32.8 Å². The van der Waals surface area contributed by atoms with Gasteiger partial charge in [-0.1, -0.05) is 23.7 Å². The Labute approximate surface area is 238 Å². The third kappa shape index (κ3) is 6.43. The molecule has 41 heavy (non-hydrogen) atoms. The minimum Gasteiger partial charge on any atom is -0.476 e. The molecule has 2 amide bonds. The molecule has 3 aromatic rings. The first-order valence-electron chi connectivity index (χ1n) is 12.8. The Hall–Kier alpha value is -3.38. The van der Waals surface area contributed by atoms with E-state index in [1.54, 1.807) is 13.8 Å². The lowest BCUT2D eigenvalue weighted by molar-refractivity contribution is -0.139. The van der Waals surface area contributed by atoms with E-state index in [1.807, 2.05) is 0 Å². The summed E-state index contributed by atoms with van der Waals surface area (Å²) in [6.07, 6.45) is -1.76. The van der Waals surface area contributed by atoms with Crippen molar-refractivity contribution in [2.24, 2.45) is 0 Å². The SMILES string of the molecule is CCOP(=O)(OCC)c1ccc2c(C(=O)O)nn(CC(=O)N3CC(F)CC3C(=O)NCc3cccc(Cl)c3F)c2c1. The minimum atomic E-state index is -3.76. The Kier molecular flexibility index (Phi) is 9.43. The number of rotatable bonds is 11. The number of aromatic nitrogens is 2. The van der Waals surface area contributed by atoms with Gasteiger partial charge in [-0.15, -0.1) is 0 Å². The van der Waals surface area contributed by atoms with Gasteiger partial charge < -0.3 is 24.4 Å². The number of amides is 2. The fourth-order valence-corrected chi connectivity index (χ4v) is 6.43. The Balaban J connectivity index is 1.60. The van der Waals surface area contributed by atoms with Crippen LogP contribution in [0.25, 0.3) is 10.9 Å². The summed E-state index contributed by atoms with van der Waals surface area (Å²) in [6, 6.07) is 7.30. The molecule has 2 aromatic carbocycles. The van der Waals surface area contributed by atoms with Crippen LogP contribution < -0.4 is 10.6 Å². The molecule has 2 atom stereocenters. The number of benzene rings is 2. The average Bonchev–Trinajstić information content (AvgIpc) is 3.50. The van der Waals surface area contributed by atoms with Crippen molar-refractivity contribution in [2.75, 3.05) is 19.8 Å². The summed E-state index contributed by atoms with van der Waals surface area (Å²) in [5.41, 5.74) is -0.0825. The van der Waals surface area contributed by atoms with Gasteiger partial charge in [-0.2, -0.15) is 5.10 Å². The highest BCUT2D eigenvalue weighted by Gasteiger charge is 2.40. The molecule has 220 valence electrons. The molecule has 1 aliphatic rings. The maximum atomic E-state index is 14.4. The van der Waals surface area contributed by atoms with Crippen LogP contribution in [0.1, 0.15) is 36.3 Å². The summed E-state index contributed by atoms with van der Waals surface area (Å²) >= 11 is 5.78. The largest absolute Gasteiger partial charge is 0.476 e. The molecule has 0 aliphatic carbocycles. The van der Waals surface area contributed by atoms with Crippen molar-refractivity contribution >= 4 is 53.2 Å². The number of hydrogen-bond donors (Lipinski definition) is 2. The standard InChI is InChI=1S/C26H28ClF2N4O7P/c1-3-39-41(38,40-4-2)17-8-9-18-20(11-17)33(31-24(18)26(36)37)14-22(34)32-13-16(28)10-21(32)25(35)30-12-15-6-5-7-19(27)23(15)29/h5-9,11,16,21H,3-4,10,12-14H2,1-2H3,(H,30,35)(H,36,37). The number of likely N-dealkylation sites (tertiary alicyclic amines) is 1. The third-order valence-corrected chi connectivity index (χ3v) is 8.89. The average molecular weight is 613 g/mol.